The van der Waals surface area contributed by atoms with E-state index in [2.05, 4.69) is 15.9 Å². The normalized spacial score (nSPS) is 10.2. The standard InChI is InChI=1S/C15H13BrClNO2S/c16-11-4-5-14(13(17)9-11)20-7-6-19-12-3-1-2-10(8-12)15(18)21/h1-5,8-9H,6-7H2,(H2,18,21). The fourth-order valence-corrected chi connectivity index (χ4v) is 2.50. The number of benzene rings is 2. The molecule has 2 aromatic rings. The molecular formula is C15H13BrClNO2S. The molecule has 0 aliphatic rings. The van der Waals surface area contributed by atoms with E-state index in [0.29, 0.717) is 34.7 Å². The average molecular weight is 387 g/mol. The van der Waals surface area contributed by atoms with E-state index in [1.807, 2.05) is 24.3 Å². The smallest absolute Gasteiger partial charge is 0.138 e. The maximum atomic E-state index is 6.06. The Morgan fingerprint density at radius 2 is 1.90 bits per heavy atom. The van der Waals surface area contributed by atoms with Gasteiger partial charge in [-0.15, -0.1) is 0 Å². The molecule has 0 heterocycles. The molecular weight excluding hydrogens is 374 g/mol. The zero-order valence-electron chi connectivity index (χ0n) is 11.0. The molecule has 110 valence electrons. The van der Waals surface area contributed by atoms with Crippen LogP contribution in [0.15, 0.2) is 46.9 Å². The van der Waals surface area contributed by atoms with Crippen LogP contribution >= 0.6 is 39.7 Å². The van der Waals surface area contributed by atoms with E-state index >= 15 is 0 Å². The van der Waals surface area contributed by atoms with E-state index in [9.17, 15) is 0 Å². The van der Waals surface area contributed by atoms with E-state index in [1.165, 1.54) is 0 Å². The van der Waals surface area contributed by atoms with Crippen LogP contribution in [-0.4, -0.2) is 18.2 Å². The summed E-state index contributed by atoms with van der Waals surface area (Å²) in [6, 6.07) is 12.8. The predicted molar refractivity (Wildman–Crippen MR) is 92.5 cm³/mol. The lowest BCUT2D eigenvalue weighted by Crippen LogP contribution is -2.11. The molecule has 0 amide bonds. The molecule has 2 rings (SSSR count). The number of thiocarbonyl (C=S) groups is 1. The van der Waals surface area contributed by atoms with Crippen molar-refractivity contribution in [1.82, 2.24) is 0 Å². The van der Waals surface area contributed by atoms with E-state index in [4.69, 9.17) is 39.0 Å². The molecule has 0 saturated carbocycles. The van der Waals surface area contributed by atoms with E-state index in [-0.39, 0.29) is 0 Å². The highest BCUT2D eigenvalue weighted by molar-refractivity contribution is 9.10. The molecule has 2 N–H and O–H groups in total. The summed E-state index contributed by atoms with van der Waals surface area (Å²) in [6.45, 7) is 0.784. The molecule has 0 aromatic heterocycles. The predicted octanol–water partition coefficient (Wildman–Crippen LogP) is 4.19. The van der Waals surface area contributed by atoms with Crippen molar-refractivity contribution < 1.29 is 9.47 Å². The maximum absolute atomic E-state index is 6.06. The van der Waals surface area contributed by atoms with E-state index < -0.39 is 0 Å². The van der Waals surface area contributed by atoms with Crippen LogP contribution in [0.2, 0.25) is 5.02 Å². The molecule has 0 spiro atoms. The summed E-state index contributed by atoms with van der Waals surface area (Å²) in [5, 5.41) is 0.555. The second-order valence-electron chi connectivity index (χ2n) is 4.16. The van der Waals surface area contributed by atoms with Gasteiger partial charge in [-0.1, -0.05) is 51.9 Å². The van der Waals surface area contributed by atoms with Crippen LogP contribution in [0.1, 0.15) is 5.56 Å². The average Bonchev–Trinajstić information content (AvgIpc) is 2.45. The molecule has 0 saturated heterocycles. The van der Waals surface area contributed by atoms with Crippen LogP contribution in [0.25, 0.3) is 0 Å². The molecule has 0 aliphatic carbocycles. The summed E-state index contributed by atoms with van der Waals surface area (Å²) < 4.78 is 12.1. The number of nitrogens with two attached hydrogens (primary N) is 1. The Hall–Kier alpha value is -1.30. The lowest BCUT2D eigenvalue weighted by atomic mass is 10.2. The first-order valence-electron chi connectivity index (χ1n) is 6.17. The summed E-state index contributed by atoms with van der Waals surface area (Å²) in [4.78, 5) is 0.346. The SMILES string of the molecule is NC(=S)c1cccc(OCCOc2ccc(Br)cc2Cl)c1. The van der Waals surface area contributed by atoms with Gasteiger partial charge in [0, 0.05) is 10.0 Å². The van der Waals surface area contributed by atoms with Gasteiger partial charge in [-0.3, -0.25) is 0 Å². The molecule has 0 fully saturated rings. The molecule has 0 radical (unpaired) electrons. The second-order valence-corrected chi connectivity index (χ2v) is 5.93. The van der Waals surface area contributed by atoms with Gasteiger partial charge < -0.3 is 15.2 Å². The maximum Gasteiger partial charge on any atom is 0.138 e. The Kier molecular flexibility index (Phi) is 5.85. The van der Waals surface area contributed by atoms with E-state index in [1.54, 1.807) is 18.2 Å². The third-order valence-corrected chi connectivity index (χ3v) is 3.65. The molecule has 0 bridgehead atoms. The topological polar surface area (TPSA) is 44.5 Å². The van der Waals surface area contributed by atoms with Crippen LogP contribution in [-0.2, 0) is 0 Å². The summed E-state index contributed by atoms with van der Waals surface area (Å²) in [7, 11) is 0. The van der Waals surface area contributed by atoms with Gasteiger partial charge in [0.15, 0.2) is 0 Å². The zero-order valence-corrected chi connectivity index (χ0v) is 14.2. The Bertz CT molecular complexity index is 651. The molecule has 21 heavy (non-hydrogen) atoms. The number of halogens is 2. The Labute approximate surface area is 142 Å². The lowest BCUT2D eigenvalue weighted by Gasteiger charge is -2.10. The Morgan fingerprint density at radius 1 is 1.14 bits per heavy atom. The molecule has 2 aromatic carbocycles. The van der Waals surface area contributed by atoms with Crippen LogP contribution in [0, 0.1) is 0 Å². The van der Waals surface area contributed by atoms with Crippen molar-refractivity contribution in [1.29, 1.82) is 0 Å². The Morgan fingerprint density at radius 3 is 2.62 bits per heavy atom. The van der Waals surface area contributed by atoms with Gasteiger partial charge in [-0.05, 0) is 30.3 Å². The van der Waals surface area contributed by atoms with Gasteiger partial charge in [0.1, 0.15) is 29.7 Å². The fraction of sp³-hybridized carbons (Fsp3) is 0.133. The summed E-state index contributed by atoms with van der Waals surface area (Å²) >= 11 is 14.3. The van der Waals surface area contributed by atoms with Crippen molar-refractivity contribution in [3.63, 3.8) is 0 Å². The minimum absolute atomic E-state index is 0.346. The molecule has 6 heteroatoms. The van der Waals surface area contributed by atoms with Gasteiger partial charge in [0.05, 0.1) is 5.02 Å². The summed E-state index contributed by atoms with van der Waals surface area (Å²) in [5.74, 6) is 1.33. The first-order chi connectivity index (χ1) is 10.1. The highest BCUT2D eigenvalue weighted by Gasteiger charge is 2.03. The van der Waals surface area contributed by atoms with Crippen molar-refractivity contribution in [2.24, 2.45) is 5.73 Å². The van der Waals surface area contributed by atoms with Gasteiger partial charge in [-0.2, -0.15) is 0 Å². The molecule has 0 aliphatic heterocycles. The quantitative estimate of drug-likeness (QED) is 0.597. The highest BCUT2D eigenvalue weighted by Crippen LogP contribution is 2.27. The van der Waals surface area contributed by atoms with Crippen molar-refractivity contribution >= 4 is 44.7 Å². The summed E-state index contributed by atoms with van der Waals surface area (Å²) in [5.41, 5.74) is 6.35. The third kappa shape index (κ3) is 4.88. The van der Waals surface area contributed by atoms with Crippen LogP contribution < -0.4 is 15.2 Å². The van der Waals surface area contributed by atoms with Crippen LogP contribution in [0.3, 0.4) is 0 Å². The lowest BCUT2D eigenvalue weighted by molar-refractivity contribution is 0.217. The highest BCUT2D eigenvalue weighted by atomic mass is 79.9. The van der Waals surface area contributed by atoms with Crippen molar-refractivity contribution in [2.75, 3.05) is 13.2 Å². The monoisotopic (exact) mass is 385 g/mol. The number of rotatable bonds is 6. The zero-order chi connectivity index (χ0) is 15.2. The molecule has 3 nitrogen and oxygen atoms in total. The van der Waals surface area contributed by atoms with E-state index in [0.717, 1.165) is 10.0 Å². The minimum Gasteiger partial charge on any atom is -0.490 e. The Balaban J connectivity index is 1.84. The largest absolute Gasteiger partial charge is 0.490 e. The van der Waals surface area contributed by atoms with Gasteiger partial charge >= 0.3 is 0 Å². The number of ether oxygens (including phenoxy) is 2. The van der Waals surface area contributed by atoms with Crippen molar-refractivity contribution in [2.45, 2.75) is 0 Å². The van der Waals surface area contributed by atoms with Crippen molar-refractivity contribution in [3.8, 4) is 11.5 Å². The fourth-order valence-electron chi connectivity index (χ4n) is 1.64. The number of hydrogen-bond acceptors (Lipinski definition) is 3. The first-order valence-corrected chi connectivity index (χ1v) is 7.74. The third-order valence-electron chi connectivity index (χ3n) is 2.62. The first kappa shape index (κ1) is 16.1. The molecule has 0 atom stereocenters. The number of hydrogen-bond donors (Lipinski definition) is 1. The molecule has 0 unspecified atom stereocenters. The minimum atomic E-state index is 0.346. The van der Waals surface area contributed by atoms with Crippen LogP contribution in [0.5, 0.6) is 11.5 Å². The van der Waals surface area contributed by atoms with Crippen LogP contribution in [0.4, 0.5) is 0 Å². The van der Waals surface area contributed by atoms with Gasteiger partial charge in [0.2, 0.25) is 0 Å². The second kappa shape index (κ2) is 7.64. The van der Waals surface area contributed by atoms with Crippen molar-refractivity contribution in [3.05, 3.63) is 57.5 Å². The van der Waals surface area contributed by atoms with Gasteiger partial charge in [-0.25, -0.2) is 0 Å². The van der Waals surface area contributed by atoms with Gasteiger partial charge in [0.25, 0.3) is 0 Å². The summed E-state index contributed by atoms with van der Waals surface area (Å²) in [6.07, 6.45) is 0.